The number of hydrogen-bond donors (Lipinski definition) is 2. The fraction of sp³-hybridized carbons (Fsp3) is 0.391. The van der Waals surface area contributed by atoms with Crippen LogP contribution in [0.2, 0.25) is 0 Å². The van der Waals surface area contributed by atoms with Crippen molar-refractivity contribution < 1.29 is 14.0 Å². The molecule has 2 aromatic carbocycles. The molecule has 2 amide bonds. The molecule has 1 aliphatic carbocycles. The summed E-state index contributed by atoms with van der Waals surface area (Å²) in [6.07, 6.45) is 2.12. The second-order valence-electron chi connectivity index (χ2n) is 7.96. The molecule has 7 heteroatoms. The van der Waals surface area contributed by atoms with Gasteiger partial charge in [-0.15, -0.1) is 0 Å². The van der Waals surface area contributed by atoms with Gasteiger partial charge in [-0.05, 0) is 42.7 Å². The van der Waals surface area contributed by atoms with E-state index in [1.165, 1.54) is 12.1 Å². The number of anilines is 1. The average molecular weight is 410 g/mol. The molecule has 1 aliphatic heterocycles. The Bertz CT molecular complexity index is 863. The Kier molecular flexibility index (Phi) is 6.40. The molecule has 2 fully saturated rings. The number of carbonyl (C=O) groups excluding carboxylic acids is 2. The van der Waals surface area contributed by atoms with Crippen LogP contribution in [0.1, 0.15) is 24.4 Å². The van der Waals surface area contributed by atoms with Gasteiger partial charge in [-0.25, -0.2) is 4.39 Å². The van der Waals surface area contributed by atoms with E-state index in [9.17, 15) is 14.0 Å². The second-order valence-corrected chi connectivity index (χ2v) is 7.96. The lowest BCUT2D eigenvalue weighted by Crippen LogP contribution is -2.52. The largest absolute Gasteiger partial charge is 0.352 e. The van der Waals surface area contributed by atoms with Gasteiger partial charge in [-0.1, -0.05) is 30.3 Å². The molecule has 158 valence electrons. The van der Waals surface area contributed by atoms with Crippen LogP contribution in [-0.4, -0.2) is 60.4 Å². The van der Waals surface area contributed by atoms with Crippen molar-refractivity contribution in [3.05, 3.63) is 66.0 Å². The van der Waals surface area contributed by atoms with Gasteiger partial charge in [-0.3, -0.25) is 19.4 Å². The van der Waals surface area contributed by atoms with Gasteiger partial charge in [0.15, 0.2) is 0 Å². The minimum atomic E-state index is -0.331. The summed E-state index contributed by atoms with van der Waals surface area (Å²) < 4.78 is 13.0. The van der Waals surface area contributed by atoms with Gasteiger partial charge in [0.25, 0.3) is 0 Å². The maximum atomic E-state index is 13.0. The van der Waals surface area contributed by atoms with Crippen LogP contribution < -0.4 is 10.6 Å². The van der Waals surface area contributed by atoms with Crippen LogP contribution in [0.4, 0.5) is 10.1 Å². The molecule has 4 rings (SSSR count). The van der Waals surface area contributed by atoms with Gasteiger partial charge in [0.1, 0.15) is 11.9 Å². The molecule has 1 saturated heterocycles. The molecule has 0 spiro atoms. The third kappa shape index (κ3) is 5.43. The Morgan fingerprint density at radius 3 is 2.27 bits per heavy atom. The standard InChI is InChI=1S/C23H27FN4O2/c24-18-6-8-19(9-7-18)25-21(29)16-27-12-14-28(15-13-27)22(17-4-2-1-3-5-17)23(30)26-20-10-11-20/h1-9,20,22H,10-16H2,(H,25,29)(H,26,30). The number of rotatable bonds is 7. The highest BCUT2D eigenvalue weighted by molar-refractivity contribution is 5.92. The summed E-state index contributed by atoms with van der Waals surface area (Å²) in [5.74, 6) is -0.393. The fourth-order valence-corrected chi connectivity index (χ4v) is 3.79. The summed E-state index contributed by atoms with van der Waals surface area (Å²) in [6.45, 7) is 3.10. The molecule has 1 heterocycles. The molecule has 1 saturated carbocycles. The molecule has 30 heavy (non-hydrogen) atoms. The Balaban J connectivity index is 1.32. The normalized spacial score (nSPS) is 18.6. The second kappa shape index (κ2) is 9.36. The Labute approximate surface area is 176 Å². The highest BCUT2D eigenvalue weighted by atomic mass is 19.1. The fourth-order valence-electron chi connectivity index (χ4n) is 3.79. The lowest BCUT2D eigenvalue weighted by molar-refractivity contribution is -0.128. The molecule has 2 aromatic rings. The van der Waals surface area contributed by atoms with Crippen LogP contribution in [0.5, 0.6) is 0 Å². The first kappa shape index (κ1) is 20.5. The maximum absolute atomic E-state index is 13.0. The molecule has 2 aliphatic rings. The molecular formula is C23H27FN4O2. The number of piperazine rings is 1. The summed E-state index contributed by atoms with van der Waals surface area (Å²) in [4.78, 5) is 29.5. The van der Waals surface area contributed by atoms with Crippen molar-refractivity contribution in [2.45, 2.75) is 24.9 Å². The SMILES string of the molecule is O=C(CN1CCN(C(C(=O)NC2CC2)c2ccccc2)CC1)Nc1ccc(F)cc1. The van der Waals surface area contributed by atoms with E-state index < -0.39 is 0 Å². The van der Waals surface area contributed by atoms with Crippen LogP contribution in [-0.2, 0) is 9.59 Å². The van der Waals surface area contributed by atoms with E-state index >= 15 is 0 Å². The molecule has 0 bridgehead atoms. The highest BCUT2D eigenvalue weighted by Crippen LogP contribution is 2.26. The predicted octanol–water partition coefficient (Wildman–Crippen LogP) is 2.40. The molecule has 0 radical (unpaired) electrons. The maximum Gasteiger partial charge on any atom is 0.242 e. The van der Waals surface area contributed by atoms with E-state index in [1.54, 1.807) is 12.1 Å². The first-order chi connectivity index (χ1) is 14.6. The van der Waals surface area contributed by atoms with E-state index in [4.69, 9.17) is 0 Å². The Morgan fingerprint density at radius 2 is 1.63 bits per heavy atom. The smallest absolute Gasteiger partial charge is 0.242 e. The van der Waals surface area contributed by atoms with Gasteiger partial charge in [0.2, 0.25) is 11.8 Å². The van der Waals surface area contributed by atoms with E-state index in [0.717, 1.165) is 18.4 Å². The van der Waals surface area contributed by atoms with Gasteiger partial charge in [0.05, 0.1) is 6.54 Å². The first-order valence-corrected chi connectivity index (χ1v) is 10.5. The first-order valence-electron chi connectivity index (χ1n) is 10.5. The zero-order valence-electron chi connectivity index (χ0n) is 16.9. The number of nitrogens with zero attached hydrogens (tertiary/aromatic N) is 2. The van der Waals surface area contributed by atoms with Crippen molar-refractivity contribution in [3.63, 3.8) is 0 Å². The average Bonchev–Trinajstić information content (AvgIpc) is 3.56. The molecule has 0 aromatic heterocycles. The molecular weight excluding hydrogens is 383 g/mol. The number of benzene rings is 2. The van der Waals surface area contributed by atoms with Gasteiger partial charge in [0, 0.05) is 37.9 Å². The lowest BCUT2D eigenvalue weighted by Gasteiger charge is -2.38. The Morgan fingerprint density at radius 1 is 0.967 bits per heavy atom. The summed E-state index contributed by atoms with van der Waals surface area (Å²) in [5, 5.41) is 5.94. The topological polar surface area (TPSA) is 64.7 Å². The van der Waals surface area contributed by atoms with Crippen LogP contribution >= 0.6 is 0 Å². The third-order valence-corrected chi connectivity index (χ3v) is 5.55. The number of hydrogen-bond acceptors (Lipinski definition) is 4. The third-order valence-electron chi connectivity index (χ3n) is 5.55. The van der Waals surface area contributed by atoms with Crippen LogP contribution in [0.3, 0.4) is 0 Å². The highest BCUT2D eigenvalue weighted by Gasteiger charge is 2.33. The van der Waals surface area contributed by atoms with E-state index in [0.29, 0.717) is 37.9 Å². The minimum absolute atomic E-state index is 0.0613. The van der Waals surface area contributed by atoms with Crippen molar-refractivity contribution in [1.29, 1.82) is 0 Å². The Hall–Kier alpha value is -2.77. The zero-order chi connectivity index (χ0) is 20.9. The lowest BCUT2D eigenvalue weighted by atomic mass is 10.0. The van der Waals surface area contributed by atoms with Crippen molar-refractivity contribution in [2.24, 2.45) is 0 Å². The summed E-state index contributed by atoms with van der Waals surface area (Å²) in [7, 11) is 0. The summed E-state index contributed by atoms with van der Waals surface area (Å²) in [6, 6.07) is 15.6. The van der Waals surface area contributed by atoms with E-state index in [1.807, 2.05) is 30.3 Å². The van der Waals surface area contributed by atoms with Gasteiger partial charge < -0.3 is 10.6 Å². The molecule has 2 N–H and O–H groups in total. The van der Waals surface area contributed by atoms with Gasteiger partial charge >= 0.3 is 0 Å². The van der Waals surface area contributed by atoms with Crippen molar-refractivity contribution in [1.82, 2.24) is 15.1 Å². The number of carbonyl (C=O) groups is 2. The van der Waals surface area contributed by atoms with Gasteiger partial charge in [-0.2, -0.15) is 0 Å². The summed E-state index contributed by atoms with van der Waals surface area (Å²) >= 11 is 0. The zero-order valence-corrected chi connectivity index (χ0v) is 16.9. The van der Waals surface area contributed by atoms with Crippen molar-refractivity contribution >= 4 is 17.5 Å². The van der Waals surface area contributed by atoms with Crippen LogP contribution in [0.25, 0.3) is 0 Å². The quantitative estimate of drug-likeness (QED) is 0.736. The minimum Gasteiger partial charge on any atom is -0.352 e. The number of halogens is 1. The molecule has 1 unspecified atom stereocenters. The van der Waals surface area contributed by atoms with Crippen molar-refractivity contribution in [2.75, 3.05) is 38.0 Å². The number of amides is 2. The number of nitrogens with one attached hydrogen (secondary N) is 2. The predicted molar refractivity (Wildman–Crippen MR) is 113 cm³/mol. The monoisotopic (exact) mass is 410 g/mol. The molecule has 6 nitrogen and oxygen atoms in total. The van der Waals surface area contributed by atoms with Crippen molar-refractivity contribution in [3.8, 4) is 0 Å². The van der Waals surface area contributed by atoms with E-state index in [-0.39, 0.29) is 30.2 Å². The van der Waals surface area contributed by atoms with Crippen LogP contribution in [0.15, 0.2) is 54.6 Å². The summed E-state index contributed by atoms with van der Waals surface area (Å²) in [5.41, 5.74) is 1.58. The van der Waals surface area contributed by atoms with Crippen LogP contribution in [0, 0.1) is 5.82 Å². The molecule has 1 atom stereocenters. The van der Waals surface area contributed by atoms with E-state index in [2.05, 4.69) is 20.4 Å².